The fourth-order valence-electron chi connectivity index (χ4n) is 2.20. The molecule has 0 amide bonds. The Morgan fingerprint density at radius 3 is 2.62 bits per heavy atom. The highest BCUT2D eigenvalue weighted by atomic mass is 35.5. The SMILES string of the molecule is O=C1OC(c2cc([N+](=O)[O-])ccc2Cl)=N/C1=C\C(Cl)=C\c1ccccc1. The first-order chi connectivity index (χ1) is 12.4. The molecule has 2 aromatic carbocycles. The van der Waals surface area contributed by atoms with Crippen LogP contribution in [0.1, 0.15) is 11.1 Å². The van der Waals surface area contributed by atoms with Gasteiger partial charge in [-0.15, -0.1) is 0 Å². The van der Waals surface area contributed by atoms with E-state index in [1.165, 1.54) is 24.3 Å². The minimum Gasteiger partial charge on any atom is -0.402 e. The summed E-state index contributed by atoms with van der Waals surface area (Å²) >= 11 is 12.2. The highest BCUT2D eigenvalue weighted by Gasteiger charge is 2.27. The first kappa shape index (κ1) is 17.8. The smallest absolute Gasteiger partial charge is 0.363 e. The molecule has 0 unspecified atom stereocenters. The third-order valence-electron chi connectivity index (χ3n) is 3.39. The topological polar surface area (TPSA) is 81.8 Å². The summed E-state index contributed by atoms with van der Waals surface area (Å²) in [4.78, 5) is 26.4. The Balaban J connectivity index is 1.93. The van der Waals surface area contributed by atoms with E-state index in [1.807, 2.05) is 30.3 Å². The minimum absolute atomic E-state index is 0.0280. The molecule has 0 atom stereocenters. The van der Waals surface area contributed by atoms with Crippen molar-refractivity contribution in [3.05, 3.63) is 91.6 Å². The molecule has 6 nitrogen and oxygen atoms in total. The molecule has 0 saturated heterocycles. The summed E-state index contributed by atoms with van der Waals surface area (Å²) in [5.41, 5.74) is 0.787. The zero-order chi connectivity index (χ0) is 18.7. The summed E-state index contributed by atoms with van der Waals surface area (Å²) in [6.45, 7) is 0. The summed E-state index contributed by atoms with van der Waals surface area (Å²) in [5, 5.41) is 11.4. The van der Waals surface area contributed by atoms with Crippen molar-refractivity contribution in [1.29, 1.82) is 0 Å². The maximum atomic E-state index is 12.0. The van der Waals surface area contributed by atoms with Crippen LogP contribution in [0.4, 0.5) is 5.69 Å². The van der Waals surface area contributed by atoms with Gasteiger partial charge in [-0.25, -0.2) is 9.79 Å². The number of hydrogen-bond donors (Lipinski definition) is 0. The van der Waals surface area contributed by atoms with Crippen LogP contribution in [-0.4, -0.2) is 16.8 Å². The monoisotopic (exact) mass is 388 g/mol. The fraction of sp³-hybridized carbons (Fsp3) is 0. The number of ether oxygens (including phenoxy) is 1. The summed E-state index contributed by atoms with van der Waals surface area (Å²) < 4.78 is 5.08. The molecule has 8 heteroatoms. The van der Waals surface area contributed by atoms with Crippen molar-refractivity contribution >= 4 is 46.8 Å². The number of allylic oxidation sites excluding steroid dienone is 2. The number of cyclic esters (lactones) is 1. The van der Waals surface area contributed by atoms with Gasteiger partial charge in [0.2, 0.25) is 5.90 Å². The van der Waals surface area contributed by atoms with Gasteiger partial charge in [0.1, 0.15) is 0 Å². The van der Waals surface area contributed by atoms with E-state index in [-0.39, 0.29) is 32.9 Å². The second kappa shape index (κ2) is 7.51. The molecule has 0 saturated carbocycles. The first-order valence-corrected chi connectivity index (χ1v) is 8.09. The predicted octanol–water partition coefficient (Wildman–Crippen LogP) is 4.72. The number of carbonyl (C=O) groups excluding carboxylic acids is 1. The molecule has 0 bridgehead atoms. The number of rotatable bonds is 4. The maximum Gasteiger partial charge on any atom is 0.363 e. The molecule has 0 spiro atoms. The summed E-state index contributed by atoms with van der Waals surface area (Å²) in [6.07, 6.45) is 3.02. The number of nitro groups is 1. The van der Waals surface area contributed by atoms with Crippen LogP contribution in [0.15, 0.2) is 70.3 Å². The van der Waals surface area contributed by atoms with Crippen LogP contribution in [-0.2, 0) is 9.53 Å². The minimum atomic E-state index is -0.720. The Bertz CT molecular complexity index is 982. The second-order valence-corrected chi connectivity index (χ2v) is 6.04. The predicted molar refractivity (Wildman–Crippen MR) is 99.1 cm³/mol. The van der Waals surface area contributed by atoms with E-state index >= 15 is 0 Å². The van der Waals surface area contributed by atoms with Gasteiger partial charge in [0.15, 0.2) is 5.70 Å². The first-order valence-electron chi connectivity index (χ1n) is 7.33. The van der Waals surface area contributed by atoms with Crippen molar-refractivity contribution < 1.29 is 14.5 Å². The summed E-state index contributed by atoms with van der Waals surface area (Å²) in [5.74, 6) is -0.832. The fourth-order valence-corrected chi connectivity index (χ4v) is 2.62. The molecule has 1 heterocycles. The van der Waals surface area contributed by atoms with Crippen molar-refractivity contribution in [2.24, 2.45) is 4.99 Å². The average Bonchev–Trinajstić information content (AvgIpc) is 2.96. The third-order valence-corrected chi connectivity index (χ3v) is 3.94. The number of esters is 1. The molecule has 3 rings (SSSR count). The van der Waals surface area contributed by atoms with E-state index in [4.69, 9.17) is 27.9 Å². The Morgan fingerprint density at radius 2 is 1.92 bits per heavy atom. The van der Waals surface area contributed by atoms with Gasteiger partial charge in [-0.05, 0) is 23.8 Å². The normalized spacial score (nSPS) is 15.8. The number of benzene rings is 2. The zero-order valence-electron chi connectivity index (χ0n) is 13.1. The average molecular weight is 389 g/mol. The molecule has 0 N–H and O–H groups in total. The molecule has 0 fully saturated rings. The molecule has 1 aliphatic rings. The molecular weight excluding hydrogens is 379 g/mol. The van der Waals surface area contributed by atoms with Gasteiger partial charge in [0.25, 0.3) is 5.69 Å². The number of nitro benzene ring substituents is 1. The van der Waals surface area contributed by atoms with Crippen LogP contribution in [0.5, 0.6) is 0 Å². The van der Waals surface area contributed by atoms with Crippen molar-refractivity contribution in [3.8, 4) is 0 Å². The van der Waals surface area contributed by atoms with Crippen LogP contribution in [0.3, 0.4) is 0 Å². The molecular formula is C18H10Cl2N2O4. The number of nitrogens with zero attached hydrogens (tertiary/aromatic N) is 2. The van der Waals surface area contributed by atoms with Gasteiger partial charge in [0, 0.05) is 17.2 Å². The van der Waals surface area contributed by atoms with Crippen LogP contribution >= 0.6 is 23.2 Å². The number of halogens is 2. The number of hydrogen-bond acceptors (Lipinski definition) is 5. The molecule has 0 aromatic heterocycles. The lowest BCUT2D eigenvalue weighted by molar-refractivity contribution is -0.384. The Labute approximate surface area is 158 Å². The third kappa shape index (κ3) is 3.99. The van der Waals surface area contributed by atoms with E-state index in [2.05, 4.69) is 4.99 Å². The van der Waals surface area contributed by atoms with Crippen molar-refractivity contribution in [1.82, 2.24) is 0 Å². The van der Waals surface area contributed by atoms with E-state index in [0.717, 1.165) is 5.56 Å². The number of carbonyl (C=O) groups is 1. The summed E-state index contributed by atoms with van der Waals surface area (Å²) in [6, 6.07) is 13.1. The standard InChI is InChI=1S/C18H10Cl2N2O4/c19-12(8-11-4-2-1-3-5-11)9-16-18(23)26-17(21-16)14-10-13(22(24)25)6-7-15(14)20/h1-10H/b12-8-,16-9-. The highest BCUT2D eigenvalue weighted by molar-refractivity contribution is 6.35. The lowest BCUT2D eigenvalue weighted by Crippen LogP contribution is -2.06. The zero-order valence-corrected chi connectivity index (χ0v) is 14.6. The van der Waals surface area contributed by atoms with Crippen LogP contribution in [0.2, 0.25) is 5.02 Å². The van der Waals surface area contributed by atoms with Crippen LogP contribution in [0.25, 0.3) is 6.08 Å². The van der Waals surface area contributed by atoms with Gasteiger partial charge in [0.05, 0.1) is 15.5 Å². The van der Waals surface area contributed by atoms with Gasteiger partial charge in [-0.1, -0.05) is 53.5 Å². The maximum absolute atomic E-state index is 12.0. The number of aliphatic imine (C=N–C) groups is 1. The largest absolute Gasteiger partial charge is 0.402 e. The van der Waals surface area contributed by atoms with Gasteiger partial charge in [-0.3, -0.25) is 10.1 Å². The molecule has 0 radical (unpaired) electrons. The quantitative estimate of drug-likeness (QED) is 0.328. The number of non-ortho nitro benzene ring substituents is 1. The van der Waals surface area contributed by atoms with Crippen LogP contribution in [0, 0.1) is 10.1 Å². The molecule has 0 aliphatic carbocycles. The van der Waals surface area contributed by atoms with Crippen LogP contribution < -0.4 is 0 Å². The Morgan fingerprint density at radius 1 is 1.19 bits per heavy atom. The van der Waals surface area contributed by atoms with E-state index in [0.29, 0.717) is 0 Å². The molecule has 26 heavy (non-hydrogen) atoms. The van der Waals surface area contributed by atoms with Crippen molar-refractivity contribution in [2.75, 3.05) is 0 Å². The molecule has 1 aliphatic heterocycles. The van der Waals surface area contributed by atoms with E-state index in [1.54, 1.807) is 6.08 Å². The van der Waals surface area contributed by atoms with Crippen molar-refractivity contribution in [3.63, 3.8) is 0 Å². The lowest BCUT2D eigenvalue weighted by Gasteiger charge is -2.02. The summed E-state index contributed by atoms with van der Waals surface area (Å²) in [7, 11) is 0. The molecule has 2 aromatic rings. The second-order valence-electron chi connectivity index (χ2n) is 5.20. The lowest BCUT2D eigenvalue weighted by atomic mass is 10.2. The van der Waals surface area contributed by atoms with Gasteiger partial charge < -0.3 is 4.74 Å². The Kier molecular flexibility index (Phi) is 5.16. The Hall–Kier alpha value is -2.96. The molecule has 130 valence electrons. The van der Waals surface area contributed by atoms with Gasteiger partial charge in [-0.2, -0.15) is 0 Å². The van der Waals surface area contributed by atoms with Crippen molar-refractivity contribution in [2.45, 2.75) is 0 Å². The van der Waals surface area contributed by atoms with E-state index in [9.17, 15) is 14.9 Å². The highest BCUT2D eigenvalue weighted by Crippen LogP contribution is 2.27. The van der Waals surface area contributed by atoms with E-state index < -0.39 is 10.9 Å². The van der Waals surface area contributed by atoms with Gasteiger partial charge >= 0.3 is 5.97 Å².